The molecule has 3 N–H and O–H groups in total. The lowest BCUT2D eigenvalue weighted by atomic mass is 10.5. The van der Waals surface area contributed by atoms with Crippen LogP contribution in [0.1, 0.15) is 5.82 Å². The van der Waals surface area contributed by atoms with Crippen LogP contribution >= 0.6 is 11.5 Å². The SMILES string of the molecule is Cc1nsc(NC(=O)Nc2cnn(CC(=O)O)c2)n1. The van der Waals surface area contributed by atoms with E-state index in [0.29, 0.717) is 16.6 Å². The van der Waals surface area contributed by atoms with Gasteiger partial charge >= 0.3 is 12.0 Å². The Morgan fingerprint density at radius 1 is 1.47 bits per heavy atom. The second-order valence-corrected chi connectivity index (χ2v) is 4.30. The van der Waals surface area contributed by atoms with Gasteiger partial charge in [0.05, 0.1) is 11.9 Å². The average Bonchev–Trinajstić information content (AvgIpc) is 2.88. The molecule has 0 unspecified atom stereocenters. The lowest BCUT2D eigenvalue weighted by molar-refractivity contribution is -0.137. The van der Waals surface area contributed by atoms with Crippen LogP contribution in [0, 0.1) is 6.92 Å². The molecule has 2 aromatic heterocycles. The van der Waals surface area contributed by atoms with Crippen molar-refractivity contribution in [2.75, 3.05) is 10.6 Å². The number of amides is 2. The molecule has 2 aromatic rings. The highest BCUT2D eigenvalue weighted by Gasteiger charge is 2.08. The average molecular weight is 282 g/mol. The molecule has 10 heteroatoms. The zero-order valence-corrected chi connectivity index (χ0v) is 10.6. The van der Waals surface area contributed by atoms with Gasteiger partial charge in [-0.05, 0) is 6.92 Å². The van der Waals surface area contributed by atoms with Gasteiger partial charge < -0.3 is 10.4 Å². The van der Waals surface area contributed by atoms with Crippen LogP contribution in [-0.4, -0.2) is 36.2 Å². The van der Waals surface area contributed by atoms with Gasteiger partial charge in [-0.3, -0.25) is 14.8 Å². The van der Waals surface area contributed by atoms with E-state index in [-0.39, 0.29) is 6.54 Å². The van der Waals surface area contributed by atoms with Crippen LogP contribution in [0.25, 0.3) is 0 Å². The Labute approximate surface area is 111 Å². The number of carbonyl (C=O) groups is 2. The van der Waals surface area contributed by atoms with E-state index in [4.69, 9.17) is 5.11 Å². The van der Waals surface area contributed by atoms with Gasteiger partial charge in [-0.25, -0.2) is 9.78 Å². The normalized spacial score (nSPS) is 10.2. The van der Waals surface area contributed by atoms with Gasteiger partial charge in [-0.2, -0.15) is 9.47 Å². The van der Waals surface area contributed by atoms with Crippen LogP contribution in [0.15, 0.2) is 12.4 Å². The number of carboxylic acid groups (broad SMARTS) is 1. The van der Waals surface area contributed by atoms with E-state index in [1.807, 2.05) is 0 Å². The Morgan fingerprint density at radius 3 is 2.89 bits per heavy atom. The summed E-state index contributed by atoms with van der Waals surface area (Å²) in [5.74, 6) is -0.432. The molecule has 0 fully saturated rings. The molecular formula is C9H10N6O3S. The minimum Gasteiger partial charge on any atom is -0.480 e. The molecule has 0 aliphatic carbocycles. The first-order chi connectivity index (χ1) is 9.02. The fourth-order valence-electron chi connectivity index (χ4n) is 1.26. The van der Waals surface area contributed by atoms with E-state index >= 15 is 0 Å². The molecule has 0 aliphatic heterocycles. The van der Waals surface area contributed by atoms with E-state index in [0.717, 1.165) is 11.5 Å². The number of aromatic nitrogens is 4. The van der Waals surface area contributed by atoms with Crippen molar-refractivity contribution in [1.29, 1.82) is 0 Å². The molecule has 0 bridgehead atoms. The number of hydrogen-bond donors (Lipinski definition) is 3. The molecule has 100 valence electrons. The third-order valence-corrected chi connectivity index (χ3v) is 2.66. The number of anilines is 2. The lowest BCUT2D eigenvalue weighted by Crippen LogP contribution is -2.19. The summed E-state index contributed by atoms with van der Waals surface area (Å²) in [7, 11) is 0. The van der Waals surface area contributed by atoms with E-state index in [1.54, 1.807) is 6.92 Å². The topological polar surface area (TPSA) is 122 Å². The van der Waals surface area contributed by atoms with Crippen LogP contribution in [0.2, 0.25) is 0 Å². The number of aliphatic carboxylic acids is 1. The summed E-state index contributed by atoms with van der Waals surface area (Å²) in [4.78, 5) is 26.0. The number of nitrogens with zero attached hydrogens (tertiary/aromatic N) is 4. The molecule has 0 radical (unpaired) electrons. The van der Waals surface area contributed by atoms with Crippen LogP contribution in [0.5, 0.6) is 0 Å². The van der Waals surface area contributed by atoms with Gasteiger partial charge in [0.2, 0.25) is 5.13 Å². The maximum Gasteiger partial charge on any atom is 0.325 e. The summed E-state index contributed by atoms with van der Waals surface area (Å²) in [5.41, 5.74) is 0.389. The van der Waals surface area contributed by atoms with Crippen LogP contribution in [0.3, 0.4) is 0 Å². The minimum absolute atomic E-state index is 0.265. The number of carbonyl (C=O) groups excluding carboxylic acids is 1. The highest BCUT2D eigenvalue weighted by atomic mass is 32.1. The summed E-state index contributed by atoms with van der Waals surface area (Å²) in [6, 6.07) is -0.494. The molecule has 2 heterocycles. The van der Waals surface area contributed by atoms with Crippen molar-refractivity contribution in [3.8, 4) is 0 Å². The second kappa shape index (κ2) is 5.44. The monoisotopic (exact) mass is 282 g/mol. The molecule has 2 rings (SSSR count). The van der Waals surface area contributed by atoms with Crippen molar-refractivity contribution >= 4 is 34.4 Å². The Morgan fingerprint density at radius 2 is 2.26 bits per heavy atom. The largest absolute Gasteiger partial charge is 0.480 e. The van der Waals surface area contributed by atoms with Gasteiger partial charge in [0.1, 0.15) is 12.4 Å². The van der Waals surface area contributed by atoms with Gasteiger partial charge in [0.25, 0.3) is 0 Å². The zero-order valence-electron chi connectivity index (χ0n) is 9.82. The molecule has 9 nitrogen and oxygen atoms in total. The molecule has 0 saturated carbocycles. The summed E-state index contributed by atoms with van der Waals surface area (Å²) < 4.78 is 5.12. The number of rotatable bonds is 4. The van der Waals surface area contributed by atoms with E-state index < -0.39 is 12.0 Å². The van der Waals surface area contributed by atoms with Crippen molar-refractivity contribution in [2.24, 2.45) is 0 Å². The standard InChI is InChI=1S/C9H10N6O3S/c1-5-11-9(19-14-5)13-8(18)12-6-2-10-15(3-6)4-7(16)17/h2-3H,4H2,1H3,(H,16,17)(H2,11,12,13,14,18). The van der Waals surface area contributed by atoms with Gasteiger partial charge in [0.15, 0.2) is 0 Å². The number of aryl methyl sites for hydroxylation is 1. The quantitative estimate of drug-likeness (QED) is 0.761. The predicted molar refractivity (Wildman–Crippen MR) is 67.2 cm³/mol. The summed E-state index contributed by atoms with van der Waals surface area (Å²) in [5, 5.41) is 17.8. The Hall–Kier alpha value is -2.49. The third-order valence-electron chi connectivity index (χ3n) is 1.94. The van der Waals surface area contributed by atoms with Crippen molar-refractivity contribution in [3.05, 3.63) is 18.2 Å². The van der Waals surface area contributed by atoms with Crippen LogP contribution < -0.4 is 10.6 Å². The number of hydrogen-bond acceptors (Lipinski definition) is 6. The Balaban J connectivity index is 1.91. The maximum absolute atomic E-state index is 11.6. The first-order valence-corrected chi connectivity index (χ1v) is 5.93. The molecule has 0 atom stereocenters. The molecule has 0 aliphatic rings. The lowest BCUT2D eigenvalue weighted by Gasteiger charge is -2.01. The summed E-state index contributed by atoms with van der Waals surface area (Å²) >= 11 is 1.07. The van der Waals surface area contributed by atoms with Crippen LogP contribution in [-0.2, 0) is 11.3 Å². The van der Waals surface area contributed by atoms with E-state index in [2.05, 4.69) is 25.1 Å². The number of urea groups is 1. The maximum atomic E-state index is 11.6. The Kier molecular flexibility index (Phi) is 3.71. The van der Waals surface area contributed by atoms with Crippen molar-refractivity contribution < 1.29 is 14.7 Å². The minimum atomic E-state index is -1.01. The highest BCUT2D eigenvalue weighted by molar-refractivity contribution is 7.09. The molecule has 19 heavy (non-hydrogen) atoms. The zero-order chi connectivity index (χ0) is 13.8. The molecular weight excluding hydrogens is 272 g/mol. The van der Waals surface area contributed by atoms with Crippen molar-refractivity contribution in [2.45, 2.75) is 13.5 Å². The molecule has 0 saturated heterocycles. The predicted octanol–water partition coefficient (Wildman–Crippen LogP) is 0.772. The van der Waals surface area contributed by atoms with E-state index in [1.165, 1.54) is 17.1 Å². The second-order valence-electron chi connectivity index (χ2n) is 3.55. The number of carboxylic acids is 1. The summed E-state index contributed by atoms with van der Waals surface area (Å²) in [6.07, 6.45) is 2.77. The number of nitrogens with one attached hydrogen (secondary N) is 2. The highest BCUT2D eigenvalue weighted by Crippen LogP contribution is 2.11. The summed E-state index contributed by atoms with van der Waals surface area (Å²) in [6.45, 7) is 1.45. The van der Waals surface area contributed by atoms with Crippen LogP contribution in [0.4, 0.5) is 15.6 Å². The van der Waals surface area contributed by atoms with E-state index in [9.17, 15) is 9.59 Å². The Bertz CT molecular complexity index is 607. The van der Waals surface area contributed by atoms with Crippen molar-refractivity contribution in [1.82, 2.24) is 19.1 Å². The first-order valence-electron chi connectivity index (χ1n) is 5.15. The fraction of sp³-hybridized carbons (Fsp3) is 0.222. The fourth-order valence-corrected chi connectivity index (χ4v) is 1.83. The van der Waals surface area contributed by atoms with Crippen molar-refractivity contribution in [3.63, 3.8) is 0 Å². The first kappa shape index (κ1) is 13.0. The molecule has 2 amide bonds. The van der Waals surface area contributed by atoms with Gasteiger partial charge in [-0.15, -0.1) is 0 Å². The van der Waals surface area contributed by atoms with Gasteiger partial charge in [-0.1, -0.05) is 0 Å². The third kappa shape index (κ3) is 3.74. The molecule has 0 aromatic carbocycles. The molecule has 0 spiro atoms. The van der Waals surface area contributed by atoms with Gasteiger partial charge in [0, 0.05) is 17.7 Å². The smallest absolute Gasteiger partial charge is 0.325 e.